The minimum atomic E-state index is -1.38. The second kappa shape index (κ2) is 24.7. The number of fused-ring (bicyclic) bond motifs is 1. The molecule has 20 heteroatoms. The number of alkyl carbamates (subject to hydrolysis) is 1. The van der Waals surface area contributed by atoms with Gasteiger partial charge in [0.1, 0.15) is 30.6 Å². The standard InChI is InChI=1S/C48H54FN9O8.CH2O2/c1-2-55-28-37(46(61)62)44(59)36-26-38(49)43(27-42(36)55)56-21-23-57(24-22-56)48(64)66-31-34-16-18-35(19-17-34)51-45(60)41(15-9-10-20-50)58-29-40(53-54-58)39(25-32-11-5-3-6-12-32)52-47(63)65-30-33-13-7-4-8-14-33;2-1-3/h3-8,11-14,16-19,26-29,39,41,53-54H,2,9-10,15,20-25,30-31,50H2,1H3,(H,51,60)(H,52,63)(H,61,62);1H,(H,2,3)/t39-,41-;/m0./s1. The Balaban J connectivity index is 0.00000254. The monoisotopic (exact) mass is 949 g/mol. The van der Waals surface area contributed by atoms with Crippen LogP contribution in [0.25, 0.3) is 10.9 Å². The predicted octanol–water partition coefficient (Wildman–Crippen LogP) is 5.16. The molecule has 364 valence electrons. The molecule has 2 atom stereocenters. The molecule has 1 aromatic heterocycles. The second-order valence-electron chi connectivity index (χ2n) is 16.1. The summed E-state index contributed by atoms with van der Waals surface area (Å²) in [6, 6.07) is 27.6. The summed E-state index contributed by atoms with van der Waals surface area (Å²) in [7, 11) is 0. The van der Waals surface area contributed by atoms with Gasteiger partial charge >= 0.3 is 18.2 Å². The van der Waals surface area contributed by atoms with E-state index >= 15 is 4.39 Å². The van der Waals surface area contributed by atoms with Crippen molar-refractivity contribution in [3.63, 3.8) is 0 Å². The lowest BCUT2D eigenvalue weighted by Gasteiger charge is -2.35. The molecule has 8 N–H and O–H groups in total. The number of hydrazine groups is 2. The number of halogens is 1. The molecule has 3 heterocycles. The molecule has 0 bridgehead atoms. The van der Waals surface area contributed by atoms with E-state index in [0.717, 1.165) is 23.6 Å². The Kier molecular flexibility index (Phi) is 18.1. The van der Waals surface area contributed by atoms with Crippen LogP contribution in [0, 0.1) is 5.82 Å². The first-order chi connectivity index (χ1) is 33.4. The fraction of sp³-hybridized carbons (Fsp3) is 0.306. The number of aryl methyl sites for hydroxylation is 1. The lowest BCUT2D eigenvalue weighted by Crippen LogP contribution is -2.49. The highest BCUT2D eigenvalue weighted by Crippen LogP contribution is 2.27. The first-order valence-corrected chi connectivity index (χ1v) is 22.4. The number of carboxylic acid groups (broad SMARTS) is 2. The largest absolute Gasteiger partial charge is 0.483 e. The number of rotatable bonds is 18. The van der Waals surface area contributed by atoms with Crippen molar-refractivity contribution >= 4 is 52.8 Å². The number of nitrogens with two attached hydrogens (primary N) is 1. The number of nitrogens with zero attached hydrogens (tertiary/aromatic N) is 4. The predicted molar refractivity (Wildman–Crippen MR) is 255 cm³/mol. The smallest absolute Gasteiger partial charge is 0.410 e. The van der Waals surface area contributed by atoms with E-state index in [1.165, 1.54) is 11.1 Å². The molecule has 0 spiro atoms. The fourth-order valence-corrected chi connectivity index (χ4v) is 7.89. The van der Waals surface area contributed by atoms with Crippen molar-refractivity contribution in [3.8, 4) is 0 Å². The molecule has 0 radical (unpaired) electrons. The molecule has 7 rings (SSSR count). The van der Waals surface area contributed by atoms with Crippen LogP contribution in [-0.2, 0) is 45.2 Å². The zero-order chi connectivity index (χ0) is 49.3. The second-order valence-corrected chi connectivity index (χ2v) is 16.1. The number of aromatic nitrogens is 1. The Labute approximate surface area is 397 Å². The van der Waals surface area contributed by atoms with Gasteiger partial charge in [0.05, 0.1) is 22.9 Å². The average molecular weight is 950 g/mol. The average Bonchev–Trinajstić information content (AvgIpc) is 3.85. The number of benzene rings is 4. The van der Waals surface area contributed by atoms with E-state index in [0.29, 0.717) is 67.9 Å². The summed E-state index contributed by atoms with van der Waals surface area (Å²) in [5.41, 5.74) is 15.3. The molecule has 19 nitrogen and oxygen atoms in total. The summed E-state index contributed by atoms with van der Waals surface area (Å²) in [6.07, 6.45) is 4.28. The van der Waals surface area contributed by atoms with Gasteiger partial charge in [0.15, 0.2) is 0 Å². The normalized spacial score (nSPS) is 14.1. The van der Waals surface area contributed by atoms with Crippen LogP contribution in [0.15, 0.2) is 120 Å². The number of carboxylic acids is 1. The van der Waals surface area contributed by atoms with Crippen LogP contribution >= 0.6 is 0 Å². The Hall–Kier alpha value is -7.97. The summed E-state index contributed by atoms with van der Waals surface area (Å²) < 4.78 is 28.2. The molecule has 3 amide bonds. The SMILES string of the molecule is CCn1cc(C(=O)O)c(=O)c2cc(F)c(N3CCN(C(=O)OCc4ccc(NC(=O)[C@H](CCCCN)N5C=C([C@H](Cc6ccccc6)NC(=O)OCc6ccccc6)NN5)cc4)CC3)cc21.O=CO. The van der Waals surface area contributed by atoms with Gasteiger partial charge in [0.25, 0.3) is 6.47 Å². The van der Waals surface area contributed by atoms with Gasteiger partial charge in [0.2, 0.25) is 11.3 Å². The molecule has 0 aliphatic carbocycles. The number of hydrogen-bond donors (Lipinski definition) is 7. The van der Waals surface area contributed by atoms with Gasteiger partial charge in [-0.1, -0.05) is 72.8 Å². The van der Waals surface area contributed by atoms with Crippen molar-refractivity contribution in [2.45, 2.75) is 64.4 Å². The number of amides is 3. The van der Waals surface area contributed by atoms with Crippen molar-refractivity contribution < 1.29 is 48.0 Å². The first-order valence-electron chi connectivity index (χ1n) is 22.4. The Morgan fingerprint density at radius 3 is 2.16 bits per heavy atom. The van der Waals surface area contributed by atoms with Crippen LogP contribution in [0.1, 0.15) is 53.2 Å². The number of unbranched alkanes of at least 4 members (excludes halogenated alkanes) is 1. The summed E-state index contributed by atoms with van der Waals surface area (Å²) >= 11 is 0. The number of aromatic carboxylic acids is 1. The molecule has 0 saturated carbocycles. The Bertz CT molecular complexity index is 2650. The maximum Gasteiger partial charge on any atom is 0.410 e. The van der Waals surface area contributed by atoms with Crippen LogP contribution in [0.2, 0.25) is 0 Å². The third-order valence-corrected chi connectivity index (χ3v) is 11.5. The zero-order valence-electron chi connectivity index (χ0n) is 38.0. The molecule has 0 unspecified atom stereocenters. The van der Waals surface area contributed by atoms with Crippen molar-refractivity contribution in [2.75, 3.05) is 42.9 Å². The number of carbonyl (C=O) groups is 5. The summed E-state index contributed by atoms with van der Waals surface area (Å²) in [4.78, 5) is 76.1. The maximum absolute atomic E-state index is 15.4. The Morgan fingerprint density at radius 1 is 0.884 bits per heavy atom. The van der Waals surface area contributed by atoms with Crippen LogP contribution in [0.5, 0.6) is 0 Å². The van der Waals surface area contributed by atoms with Gasteiger partial charge in [0, 0.05) is 56.2 Å². The van der Waals surface area contributed by atoms with E-state index in [1.54, 1.807) is 57.9 Å². The number of nitrogens with one attached hydrogen (secondary N) is 4. The molecular formula is C49H56FN9O10. The summed E-state index contributed by atoms with van der Waals surface area (Å²) in [5, 5.41) is 24.0. The zero-order valence-corrected chi connectivity index (χ0v) is 38.0. The minimum Gasteiger partial charge on any atom is -0.483 e. The molecule has 1 fully saturated rings. The number of carbonyl (C=O) groups excluding carboxylic acids is 3. The lowest BCUT2D eigenvalue weighted by molar-refractivity contribution is -0.123. The molecule has 2 aliphatic heterocycles. The van der Waals surface area contributed by atoms with Crippen LogP contribution in [0.3, 0.4) is 0 Å². The lowest BCUT2D eigenvalue weighted by atomic mass is 10.0. The van der Waals surface area contributed by atoms with Crippen molar-refractivity contribution in [2.24, 2.45) is 5.73 Å². The molecular weight excluding hydrogens is 894 g/mol. The topological polar surface area (TPSA) is 250 Å². The summed E-state index contributed by atoms with van der Waals surface area (Å²) in [6.45, 7) is 3.62. The van der Waals surface area contributed by atoms with Gasteiger partial charge in [-0.05, 0) is 80.1 Å². The highest BCUT2D eigenvalue weighted by Gasteiger charge is 2.31. The van der Waals surface area contributed by atoms with Gasteiger partial charge in [-0.25, -0.2) is 18.8 Å². The van der Waals surface area contributed by atoms with Crippen LogP contribution in [0.4, 0.5) is 25.4 Å². The molecule has 1 saturated heterocycles. The van der Waals surface area contributed by atoms with Crippen LogP contribution in [-0.4, -0.2) is 100 Å². The van der Waals surface area contributed by atoms with Crippen molar-refractivity contribution in [3.05, 3.63) is 153 Å². The van der Waals surface area contributed by atoms with E-state index in [4.69, 9.17) is 25.1 Å². The van der Waals surface area contributed by atoms with Crippen molar-refractivity contribution in [1.82, 2.24) is 30.8 Å². The molecule has 4 aromatic carbocycles. The highest BCUT2D eigenvalue weighted by atomic mass is 19.1. The number of anilines is 2. The van der Waals surface area contributed by atoms with E-state index in [-0.39, 0.29) is 49.8 Å². The fourth-order valence-electron chi connectivity index (χ4n) is 7.89. The number of piperazine rings is 1. The van der Waals surface area contributed by atoms with Gasteiger partial charge in [-0.3, -0.25) is 19.4 Å². The quantitative estimate of drug-likeness (QED) is 0.0443. The third-order valence-electron chi connectivity index (χ3n) is 11.5. The number of hydrogen-bond acceptors (Lipinski definition) is 13. The maximum atomic E-state index is 15.4. The highest BCUT2D eigenvalue weighted by molar-refractivity contribution is 5.95. The van der Waals surface area contributed by atoms with Gasteiger partial charge < -0.3 is 55.8 Å². The third kappa shape index (κ3) is 13.6. The molecule has 2 aliphatic rings. The van der Waals surface area contributed by atoms with E-state index in [2.05, 4.69) is 21.6 Å². The van der Waals surface area contributed by atoms with Crippen LogP contribution < -0.4 is 37.7 Å². The van der Waals surface area contributed by atoms with E-state index in [1.807, 2.05) is 60.7 Å². The summed E-state index contributed by atoms with van der Waals surface area (Å²) in [5.74, 6) is -2.31. The Morgan fingerprint density at radius 2 is 1.52 bits per heavy atom. The number of ether oxygens (including phenoxy) is 2. The van der Waals surface area contributed by atoms with E-state index < -0.39 is 47.0 Å². The van der Waals surface area contributed by atoms with E-state index in [9.17, 15) is 29.1 Å². The number of pyridine rings is 1. The molecule has 5 aromatic rings. The van der Waals surface area contributed by atoms with Gasteiger partial charge in [-0.15, -0.1) is 5.53 Å². The van der Waals surface area contributed by atoms with Crippen molar-refractivity contribution in [1.29, 1.82) is 0 Å². The molecule has 69 heavy (non-hydrogen) atoms. The minimum absolute atomic E-state index is 0.0132. The first kappa shape index (κ1) is 50.4. The van der Waals surface area contributed by atoms with Gasteiger partial charge in [-0.2, -0.15) is 0 Å².